The van der Waals surface area contributed by atoms with Crippen molar-refractivity contribution in [3.05, 3.63) is 34.9 Å². The van der Waals surface area contributed by atoms with Gasteiger partial charge in [-0.1, -0.05) is 30.7 Å². The van der Waals surface area contributed by atoms with Crippen molar-refractivity contribution in [3.8, 4) is 0 Å². The minimum absolute atomic E-state index is 0.0926. The lowest BCUT2D eigenvalue weighted by Crippen LogP contribution is -2.37. The highest BCUT2D eigenvalue weighted by Crippen LogP contribution is 2.22. The maximum absolute atomic E-state index is 5.93. The van der Waals surface area contributed by atoms with Gasteiger partial charge >= 0.3 is 0 Å². The van der Waals surface area contributed by atoms with Gasteiger partial charge in [-0.2, -0.15) is 0 Å². The summed E-state index contributed by atoms with van der Waals surface area (Å²) in [5, 5.41) is 4.45. The number of hydrogen-bond acceptors (Lipinski definition) is 2. The predicted molar refractivity (Wildman–Crippen MR) is 82.8 cm³/mol. The quantitative estimate of drug-likeness (QED) is 0.790. The number of hydrogen-bond donors (Lipinski definition) is 1. The minimum Gasteiger partial charge on any atom is -0.379 e. The molecule has 3 heteroatoms. The van der Waals surface area contributed by atoms with Crippen LogP contribution in [0.25, 0.3) is 0 Å². The maximum Gasteiger partial charge on any atom is 0.0637 e. The first kappa shape index (κ1) is 16.5. The van der Waals surface area contributed by atoms with Gasteiger partial charge in [-0.3, -0.25) is 0 Å². The van der Waals surface area contributed by atoms with Gasteiger partial charge in [0.25, 0.3) is 0 Å². The number of nitrogens with one attached hydrogen (secondary N) is 1. The Morgan fingerprint density at radius 2 is 1.84 bits per heavy atom. The normalized spacial score (nSPS) is 15.3. The number of benzene rings is 1. The minimum atomic E-state index is -0.0926. The smallest absolute Gasteiger partial charge is 0.0637 e. The molecule has 0 fully saturated rings. The first-order valence-corrected chi connectivity index (χ1v) is 7.32. The molecule has 108 valence electrons. The number of rotatable bonds is 7. The number of methoxy groups -OCH3 is 1. The summed E-state index contributed by atoms with van der Waals surface area (Å²) in [5.74, 6) is 0. The first-order chi connectivity index (χ1) is 8.88. The molecule has 0 bridgehead atoms. The maximum atomic E-state index is 5.93. The summed E-state index contributed by atoms with van der Waals surface area (Å²) in [6.07, 6.45) is 2.03. The molecular formula is C16H26ClNO. The molecule has 0 saturated heterocycles. The van der Waals surface area contributed by atoms with Gasteiger partial charge in [-0.05, 0) is 51.3 Å². The molecule has 1 aromatic rings. The van der Waals surface area contributed by atoms with Crippen LogP contribution in [-0.4, -0.2) is 18.8 Å². The van der Waals surface area contributed by atoms with Crippen LogP contribution in [0.1, 0.15) is 52.1 Å². The lowest BCUT2D eigenvalue weighted by atomic mass is 9.97. The zero-order valence-corrected chi connectivity index (χ0v) is 13.4. The van der Waals surface area contributed by atoms with Crippen molar-refractivity contribution < 1.29 is 4.74 Å². The fourth-order valence-corrected chi connectivity index (χ4v) is 2.49. The third-order valence-corrected chi connectivity index (χ3v) is 3.77. The Bertz CT molecular complexity index is 375. The summed E-state index contributed by atoms with van der Waals surface area (Å²) < 4.78 is 5.49. The molecule has 2 unspecified atom stereocenters. The van der Waals surface area contributed by atoms with E-state index >= 15 is 0 Å². The summed E-state index contributed by atoms with van der Waals surface area (Å²) >= 11 is 5.93. The van der Waals surface area contributed by atoms with E-state index in [0.29, 0.717) is 12.1 Å². The van der Waals surface area contributed by atoms with E-state index in [0.717, 1.165) is 17.9 Å². The molecule has 19 heavy (non-hydrogen) atoms. The lowest BCUT2D eigenvalue weighted by Gasteiger charge is -2.30. The molecule has 0 radical (unpaired) electrons. The molecule has 0 aromatic heterocycles. The first-order valence-electron chi connectivity index (χ1n) is 6.94. The largest absolute Gasteiger partial charge is 0.379 e. The summed E-state index contributed by atoms with van der Waals surface area (Å²) in [7, 11) is 1.77. The van der Waals surface area contributed by atoms with Crippen LogP contribution in [0.2, 0.25) is 5.02 Å². The highest BCUT2D eigenvalue weighted by atomic mass is 35.5. The predicted octanol–water partition coefficient (Wildman–Crippen LogP) is 4.58. The van der Waals surface area contributed by atoms with Crippen LogP contribution < -0.4 is 5.32 Å². The second-order valence-electron chi connectivity index (χ2n) is 5.75. The zero-order chi connectivity index (χ0) is 14.5. The summed E-state index contributed by atoms with van der Waals surface area (Å²) in [4.78, 5) is 0. The topological polar surface area (TPSA) is 21.3 Å². The van der Waals surface area contributed by atoms with Crippen molar-refractivity contribution in [2.24, 2.45) is 0 Å². The Labute approximate surface area is 122 Å². The highest BCUT2D eigenvalue weighted by Gasteiger charge is 2.22. The van der Waals surface area contributed by atoms with Gasteiger partial charge in [-0.15, -0.1) is 0 Å². The Balaban J connectivity index is 2.64. The zero-order valence-electron chi connectivity index (χ0n) is 12.7. The van der Waals surface area contributed by atoms with E-state index in [-0.39, 0.29) is 5.60 Å². The lowest BCUT2D eigenvalue weighted by molar-refractivity contribution is 0.00760. The van der Waals surface area contributed by atoms with Gasteiger partial charge in [0.05, 0.1) is 5.60 Å². The Hall–Kier alpha value is -0.570. The van der Waals surface area contributed by atoms with E-state index in [9.17, 15) is 0 Å². The van der Waals surface area contributed by atoms with E-state index < -0.39 is 0 Å². The van der Waals surface area contributed by atoms with Crippen LogP contribution >= 0.6 is 11.6 Å². The van der Waals surface area contributed by atoms with Crippen molar-refractivity contribution in [2.45, 2.75) is 58.2 Å². The summed E-state index contributed by atoms with van der Waals surface area (Å²) in [6, 6.07) is 8.85. The third-order valence-electron chi connectivity index (χ3n) is 3.52. The molecule has 1 aromatic carbocycles. The van der Waals surface area contributed by atoms with Crippen molar-refractivity contribution in [1.82, 2.24) is 5.32 Å². The second kappa shape index (κ2) is 7.28. The average Bonchev–Trinajstić information content (AvgIpc) is 2.36. The standard InChI is InChI=1S/C16H26ClNO/c1-6-15(13-7-9-14(17)10-8-13)18-12(2)11-16(3,4)19-5/h7-10,12,15,18H,6,11H2,1-5H3. The van der Waals surface area contributed by atoms with Crippen LogP contribution in [0.4, 0.5) is 0 Å². The number of halogens is 1. The fraction of sp³-hybridized carbons (Fsp3) is 0.625. The van der Waals surface area contributed by atoms with Gasteiger partial charge in [0.15, 0.2) is 0 Å². The van der Waals surface area contributed by atoms with Crippen LogP contribution in [0.15, 0.2) is 24.3 Å². The van der Waals surface area contributed by atoms with Crippen molar-refractivity contribution in [1.29, 1.82) is 0 Å². The Morgan fingerprint density at radius 3 is 2.32 bits per heavy atom. The van der Waals surface area contributed by atoms with Crippen molar-refractivity contribution in [3.63, 3.8) is 0 Å². The number of ether oxygens (including phenoxy) is 1. The van der Waals surface area contributed by atoms with Crippen LogP contribution in [0.3, 0.4) is 0 Å². The molecule has 0 heterocycles. The second-order valence-corrected chi connectivity index (χ2v) is 6.18. The van der Waals surface area contributed by atoms with Crippen LogP contribution in [0, 0.1) is 0 Å². The summed E-state index contributed by atoms with van der Waals surface area (Å²) in [6.45, 7) is 8.64. The third kappa shape index (κ3) is 5.52. The van der Waals surface area contributed by atoms with Crippen LogP contribution in [0.5, 0.6) is 0 Å². The van der Waals surface area contributed by atoms with Gasteiger partial charge in [0.1, 0.15) is 0 Å². The molecular weight excluding hydrogens is 258 g/mol. The van der Waals surface area contributed by atoms with E-state index in [1.165, 1.54) is 5.56 Å². The molecule has 2 atom stereocenters. The van der Waals surface area contributed by atoms with Crippen molar-refractivity contribution in [2.75, 3.05) is 7.11 Å². The van der Waals surface area contributed by atoms with Gasteiger partial charge < -0.3 is 10.1 Å². The average molecular weight is 284 g/mol. The van der Waals surface area contributed by atoms with E-state index in [4.69, 9.17) is 16.3 Å². The van der Waals surface area contributed by atoms with Gasteiger partial charge in [0, 0.05) is 24.2 Å². The molecule has 0 aliphatic heterocycles. The highest BCUT2D eigenvalue weighted by molar-refractivity contribution is 6.30. The van der Waals surface area contributed by atoms with E-state index in [1.54, 1.807) is 7.11 Å². The summed E-state index contributed by atoms with van der Waals surface area (Å²) in [5.41, 5.74) is 1.19. The molecule has 0 aliphatic carbocycles. The molecule has 0 spiro atoms. The van der Waals surface area contributed by atoms with E-state index in [1.807, 2.05) is 12.1 Å². The Kier molecular flexibility index (Phi) is 6.31. The Morgan fingerprint density at radius 1 is 1.26 bits per heavy atom. The molecule has 1 N–H and O–H groups in total. The van der Waals surface area contributed by atoms with Gasteiger partial charge in [-0.25, -0.2) is 0 Å². The molecule has 0 aliphatic rings. The van der Waals surface area contributed by atoms with Crippen molar-refractivity contribution >= 4 is 11.6 Å². The molecule has 2 nitrogen and oxygen atoms in total. The van der Waals surface area contributed by atoms with Gasteiger partial charge in [0.2, 0.25) is 0 Å². The molecule has 1 rings (SSSR count). The molecule has 0 amide bonds. The monoisotopic (exact) mass is 283 g/mol. The van der Waals surface area contributed by atoms with E-state index in [2.05, 4.69) is 45.1 Å². The SMILES string of the molecule is CCC(NC(C)CC(C)(C)OC)c1ccc(Cl)cc1. The molecule has 0 saturated carbocycles. The fourth-order valence-electron chi connectivity index (χ4n) is 2.37. The van der Waals surface area contributed by atoms with Crippen LogP contribution in [-0.2, 0) is 4.74 Å².